The van der Waals surface area contributed by atoms with E-state index in [1.807, 2.05) is 36.6 Å². The van der Waals surface area contributed by atoms with Gasteiger partial charge < -0.3 is 25.4 Å². The Hall–Kier alpha value is -3.48. The van der Waals surface area contributed by atoms with Crippen LogP contribution >= 0.6 is 11.8 Å². The van der Waals surface area contributed by atoms with Gasteiger partial charge in [-0.05, 0) is 56.4 Å². The number of rotatable bonds is 12. The molecule has 8 nitrogen and oxygen atoms in total. The van der Waals surface area contributed by atoms with E-state index in [1.165, 1.54) is 16.7 Å². The van der Waals surface area contributed by atoms with Crippen LogP contribution in [-0.4, -0.2) is 64.7 Å². The lowest BCUT2D eigenvalue weighted by Crippen LogP contribution is -2.54. The molecule has 0 aliphatic carbocycles. The molecule has 0 fully saturated rings. The van der Waals surface area contributed by atoms with Crippen molar-refractivity contribution in [3.8, 4) is 12.3 Å². The number of hydrogen-bond donors (Lipinski definition) is 3. The summed E-state index contributed by atoms with van der Waals surface area (Å²) in [6, 6.07) is 14.1. The van der Waals surface area contributed by atoms with Crippen LogP contribution in [0.1, 0.15) is 49.9 Å². The summed E-state index contributed by atoms with van der Waals surface area (Å²) in [6.07, 6.45) is 7.20. The lowest BCUT2D eigenvalue weighted by molar-refractivity contribution is -0.143. The quantitative estimate of drug-likeness (QED) is 0.357. The van der Waals surface area contributed by atoms with Gasteiger partial charge in [0.05, 0.1) is 6.61 Å². The van der Waals surface area contributed by atoms with Crippen molar-refractivity contribution in [2.45, 2.75) is 51.4 Å². The molecule has 0 heterocycles. The van der Waals surface area contributed by atoms with E-state index in [0.717, 1.165) is 5.56 Å². The van der Waals surface area contributed by atoms with E-state index in [-0.39, 0.29) is 13.1 Å². The summed E-state index contributed by atoms with van der Waals surface area (Å²) in [5.74, 6) is 2.18. The van der Waals surface area contributed by atoms with Gasteiger partial charge in [-0.1, -0.05) is 54.5 Å². The number of aliphatic hydroxyl groups is 1. The molecule has 204 valence electrons. The topological polar surface area (TPSA) is 108 Å². The Balaban J connectivity index is 2.47. The number of alkyl carbamates (subject to hydrolysis) is 1. The smallest absolute Gasteiger partial charge is 0.408 e. The van der Waals surface area contributed by atoms with E-state index in [9.17, 15) is 19.5 Å². The van der Waals surface area contributed by atoms with Gasteiger partial charge in [0.1, 0.15) is 17.7 Å². The number of hydrogen-bond acceptors (Lipinski definition) is 6. The van der Waals surface area contributed by atoms with E-state index >= 15 is 0 Å². The number of aliphatic hydroxyl groups excluding tert-OH is 1. The maximum absolute atomic E-state index is 13.9. The Labute approximate surface area is 229 Å². The first kappa shape index (κ1) is 30.7. The van der Waals surface area contributed by atoms with E-state index in [2.05, 4.69) is 16.6 Å². The van der Waals surface area contributed by atoms with Gasteiger partial charge in [0.2, 0.25) is 11.8 Å². The van der Waals surface area contributed by atoms with Crippen LogP contribution in [0.25, 0.3) is 0 Å². The highest BCUT2D eigenvalue weighted by Gasteiger charge is 2.36. The van der Waals surface area contributed by atoms with Crippen LogP contribution in [0, 0.1) is 12.3 Å². The van der Waals surface area contributed by atoms with Gasteiger partial charge in [0.25, 0.3) is 0 Å². The minimum absolute atomic E-state index is 0.146. The van der Waals surface area contributed by atoms with Crippen molar-refractivity contribution in [1.29, 1.82) is 0 Å². The molecule has 0 aromatic heterocycles. The molecule has 0 bridgehead atoms. The van der Waals surface area contributed by atoms with Crippen molar-refractivity contribution in [2.75, 3.05) is 25.2 Å². The molecule has 9 heteroatoms. The van der Waals surface area contributed by atoms with Crippen LogP contribution < -0.4 is 10.6 Å². The minimum Gasteiger partial charge on any atom is -0.444 e. The molecular weight excluding hydrogens is 502 g/mol. The largest absolute Gasteiger partial charge is 0.444 e. The average molecular weight is 540 g/mol. The van der Waals surface area contributed by atoms with Crippen LogP contribution in [-0.2, 0) is 20.9 Å². The number of nitrogens with zero attached hydrogens (tertiary/aromatic N) is 1. The van der Waals surface area contributed by atoms with E-state index in [1.54, 1.807) is 45.0 Å². The van der Waals surface area contributed by atoms with Crippen molar-refractivity contribution in [2.24, 2.45) is 0 Å². The number of amides is 3. The van der Waals surface area contributed by atoms with Crippen molar-refractivity contribution < 1.29 is 24.2 Å². The molecule has 0 saturated heterocycles. The van der Waals surface area contributed by atoms with E-state index < -0.39 is 42.2 Å². The molecule has 0 radical (unpaired) electrons. The fourth-order valence-corrected chi connectivity index (χ4v) is 4.29. The summed E-state index contributed by atoms with van der Waals surface area (Å²) < 4.78 is 5.37. The summed E-state index contributed by atoms with van der Waals surface area (Å²) in [6.45, 7) is 4.89. The average Bonchev–Trinajstić information content (AvgIpc) is 2.89. The lowest BCUT2D eigenvalue weighted by atomic mass is 9.97. The summed E-state index contributed by atoms with van der Waals surface area (Å²) in [5, 5.41) is 15.5. The third-order valence-corrected chi connectivity index (χ3v) is 6.15. The SMILES string of the molecule is C#Cc1ccccc1C(C(=O)NCc1ccccc1)N(CCO)C(=O)C(CCSC)NC(=O)OC(C)(C)C. The van der Waals surface area contributed by atoms with Crippen LogP contribution in [0.15, 0.2) is 54.6 Å². The minimum atomic E-state index is -1.14. The molecule has 3 N–H and O–H groups in total. The third-order valence-electron chi connectivity index (χ3n) is 5.50. The van der Waals surface area contributed by atoms with E-state index in [0.29, 0.717) is 23.3 Å². The zero-order valence-electron chi connectivity index (χ0n) is 22.4. The highest BCUT2D eigenvalue weighted by molar-refractivity contribution is 7.98. The fraction of sp³-hybridized carbons (Fsp3) is 0.414. The predicted molar refractivity (Wildman–Crippen MR) is 150 cm³/mol. The molecule has 3 amide bonds. The molecule has 38 heavy (non-hydrogen) atoms. The van der Waals surface area contributed by atoms with Gasteiger partial charge in [-0.15, -0.1) is 6.42 Å². The number of nitrogens with one attached hydrogen (secondary N) is 2. The summed E-state index contributed by atoms with van der Waals surface area (Å²) in [5.41, 5.74) is 1.02. The van der Waals surface area contributed by atoms with Gasteiger partial charge in [-0.3, -0.25) is 9.59 Å². The maximum Gasteiger partial charge on any atom is 0.408 e. The van der Waals surface area contributed by atoms with Gasteiger partial charge >= 0.3 is 6.09 Å². The second-order valence-electron chi connectivity index (χ2n) is 9.57. The number of terminal acetylenes is 1. The molecule has 2 rings (SSSR count). The first-order valence-corrected chi connectivity index (χ1v) is 13.8. The molecule has 2 atom stereocenters. The van der Waals surface area contributed by atoms with Gasteiger partial charge in [0.15, 0.2) is 0 Å². The molecular formula is C29H37N3O5S. The molecule has 2 aromatic rings. The standard InChI is InChI=1S/C29H37N3O5S/c1-6-22-14-10-11-15-23(22)25(26(34)30-20-21-12-8-7-9-13-21)32(17-18-33)27(35)24(16-19-38-5)31-28(36)37-29(2,3)4/h1,7-15,24-25,33H,16-20H2,2-5H3,(H,30,34)(H,31,36). The van der Waals surface area contributed by atoms with Crippen molar-refractivity contribution in [1.82, 2.24) is 15.5 Å². The number of carbonyl (C=O) groups excluding carboxylic acids is 3. The number of carbonyl (C=O) groups is 3. The fourth-order valence-electron chi connectivity index (χ4n) is 3.82. The Kier molecular flexibility index (Phi) is 12.2. The molecule has 2 unspecified atom stereocenters. The molecule has 2 aromatic carbocycles. The lowest BCUT2D eigenvalue weighted by Gasteiger charge is -2.34. The van der Waals surface area contributed by atoms with Crippen LogP contribution in [0.2, 0.25) is 0 Å². The first-order chi connectivity index (χ1) is 18.1. The number of benzene rings is 2. The Morgan fingerprint density at radius 2 is 1.76 bits per heavy atom. The third kappa shape index (κ3) is 9.43. The van der Waals surface area contributed by atoms with Crippen molar-refractivity contribution >= 4 is 29.7 Å². The van der Waals surface area contributed by atoms with Gasteiger partial charge in [-0.25, -0.2) is 4.79 Å². The number of ether oxygens (including phenoxy) is 1. The Morgan fingerprint density at radius 3 is 2.37 bits per heavy atom. The predicted octanol–water partition coefficient (Wildman–Crippen LogP) is 3.49. The van der Waals surface area contributed by atoms with Crippen LogP contribution in [0.5, 0.6) is 0 Å². The van der Waals surface area contributed by atoms with Crippen molar-refractivity contribution in [3.63, 3.8) is 0 Å². The zero-order chi connectivity index (χ0) is 28.1. The van der Waals surface area contributed by atoms with Crippen LogP contribution in [0.4, 0.5) is 4.79 Å². The molecule has 0 aliphatic rings. The first-order valence-electron chi connectivity index (χ1n) is 12.4. The maximum atomic E-state index is 13.9. The zero-order valence-corrected chi connectivity index (χ0v) is 23.2. The molecule has 0 aliphatic heterocycles. The normalized spacial score (nSPS) is 12.5. The second kappa shape index (κ2) is 15.1. The Morgan fingerprint density at radius 1 is 1.11 bits per heavy atom. The highest BCUT2D eigenvalue weighted by atomic mass is 32.2. The highest BCUT2D eigenvalue weighted by Crippen LogP contribution is 2.26. The van der Waals surface area contributed by atoms with E-state index in [4.69, 9.17) is 11.2 Å². The summed E-state index contributed by atoms with van der Waals surface area (Å²) in [4.78, 5) is 41.5. The molecule has 0 saturated carbocycles. The van der Waals surface area contributed by atoms with Crippen molar-refractivity contribution in [3.05, 3.63) is 71.3 Å². The summed E-state index contributed by atoms with van der Waals surface area (Å²) in [7, 11) is 0. The van der Waals surface area contributed by atoms with Crippen LogP contribution in [0.3, 0.4) is 0 Å². The van der Waals surface area contributed by atoms with Gasteiger partial charge in [0, 0.05) is 18.7 Å². The Bertz CT molecular complexity index is 1110. The van der Waals surface area contributed by atoms with Gasteiger partial charge in [-0.2, -0.15) is 11.8 Å². The molecule has 0 spiro atoms. The monoisotopic (exact) mass is 539 g/mol. The summed E-state index contributed by atoms with van der Waals surface area (Å²) >= 11 is 1.52. The number of thioether (sulfide) groups is 1. The second-order valence-corrected chi connectivity index (χ2v) is 10.6.